The van der Waals surface area contributed by atoms with Crippen molar-refractivity contribution in [1.29, 1.82) is 0 Å². The van der Waals surface area contributed by atoms with Gasteiger partial charge in [-0.2, -0.15) is 5.10 Å². The van der Waals surface area contributed by atoms with Crippen LogP contribution >= 0.6 is 0 Å². The summed E-state index contributed by atoms with van der Waals surface area (Å²) in [4.78, 5) is 71.0. The number of amides is 4. The van der Waals surface area contributed by atoms with Crippen LogP contribution in [-0.4, -0.2) is 135 Å². The Hall–Kier alpha value is -5.41. The molecule has 7 heterocycles. The maximum atomic E-state index is 13.4. The summed E-state index contributed by atoms with van der Waals surface area (Å²) in [6.07, 6.45) is 9.98. The van der Waals surface area contributed by atoms with Gasteiger partial charge >= 0.3 is 0 Å². The lowest BCUT2D eigenvalue weighted by Crippen LogP contribution is -2.54. The molecule has 4 amide bonds. The third-order valence-electron chi connectivity index (χ3n) is 14.3. The summed E-state index contributed by atoms with van der Waals surface area (Å²) in [7, 11) is 0. The van der Waals surface area contributed by atoms with Crippen molar-refractivity contribution in [3.63, 3.8) is 0 Å². The van der Waals surface area contributed by atoms with Crippen molar-refractivity contribution in [1.82, 2.24) is 40.2 Å². The Bertz CT molecular complexity index is 2350. The van der Waals surface area contributed by atoms with Crippen molar-refractivity contribution in [3.8, 4) is 17.1 Å². The number of anilines is 2. The Morgan fingerprint density at radius 1 is 0.820 bits per heavy atom. The van der Waals surface area contributed by atoms with Crippen molar-refractivity contribution < 1.29 is 23.9 Å². The largest absolute Gasteiger partial charge is 0.488 e. The molecular weight excluding hydrogens is 773 g/mol. The number of likely N-dealkylation sites (tertiary alicyclic amines) is 1. The molecule has 2 aromatic heterocycles. The van der Waals surface area contributed by atoms with Crippen molar-refractivity contribution in [2.45, 2.75) is 89.3 Å². The molecule has 0 radical (unpaired) electrons. The Kier molecular flexibility index (Phi) is 10.5. The van der Waals surface area contributed by atoms with E-state index < -0.39 is 23.8 Å². The molecule has 4 saturated heterocycles. The Morgan fingerprint density at radius 2 is 1.61 bits per heavy atom. The van der Waals surface area contributed by atoms with E-state index in [2.05, 4.69) is 66.1 Å². The highest BCUT2D eigenvalue weighted by Crippen LogP contribution is 2.41. The number of piperazine rings is 1. The lowest BCUT2D eigenvalue weighted by Gasteiger charge is -2.43. The van der Waals surface area contributed by atoms with Gasteiger partial charge in [0, 0.05) is 68.9 Å². The molecule has 320 valence electrons. The summed E-state index contributed by atoms with van der Waals surface area (Å²) >= 11 is 0. The van der Waals surface area contributed by atoms with E-state index in [1.165, 1.54) is 19.3 Å². The zero-order valence-electron chi connectivity index (χ0n) is 35.3. The fourth-order valence-electron chi connectivity index (χ4n) is 10.2. The van der Waals surface area contributed by atoms with Gasteiger partial charge in [0.1, 0.15) is 35.2 Å². The number of H-pyrrole nitrogens is 1. The highest BCUT2D eigenvalue weighted by molar-refractivity contribution is 6.23. The van der Waals surface area contributed by atoms with E-state index in [9.17, 15) is 19.2 Å². The molecule has 15 nitrogen and oxygen atoms in total. The maximum absolute atomic E-state index is 13.4. The SMILES string of the molecule is C[C@H]1CN(c2cc(-c3n[nH]c4ccc(OC5(C)CC5)cc34)ncn2)CCN1CC1CCN(CCC2CCN(c3ccc4c(c3)C(=O)N(C3CCC(=O)NC3=O)C4=O)CC2)CC1. The van der Waals surface area contributed by atoms with Crippen molar-refractivity contribution >= 4 is 46.0 Å². The number of hydrogen-bond acceptors (Lipinski definition) is 12. The first kappa shape index (κ1) is 39.7. The molecule has 2 atom stereocenters. The number of rotatable bonds is 11. The smallest absolute Gasteiger partial charge is 0.262 e. The van der Waals surface area contributed by atoms with Gasteiger partial charge in [0.2, 0.25) is 11.8 Å². The number of imide groups is 2. The summed E-state index contributed by atoms with van der Waals surface area (Å²) in [6, 6.07) is 13.1. The Labute approximate surface area is 356 Å². The van der Waals surface area contributed by atoms with Crippen molar-refractivity contribution in [3.05, 3.63) is 59.9 Å². The molecule has 5 aliphatic heterocycles. The molecule has 1 unspecified atom stereocenters. The van der Waals surface area contributed by atoms with Crippen LogP contribution in [0, 0.1) is 11.8 Å². The average Bonchev–Trinajstić information content (AvgIpc) is 3.75. The minimum absolute atomic E-state index is 0.0442. The predicted molar refractivity (Wildman–Crippen MR) is 230 cm³/mol. The highest BCUT2D eigenvalue weighted by atomic mass is 16.5. The van der Waals surface area contributed by atoms with Gasteiger partial charge in [-0.15, -0.1) is 0 Å². The Morgan fingerprint density at radius 3 is 2.38 bits per heavy atom. The fourth-order valence-corrected chi connectivity index (χ4v) is 10.2. The molecule has 6 aliphatic rings. The normalized spacial score (nSPS) is 24.1. The predicted octanol–water partition coefficient (Wildman–Crippen LogP) is 4.88. The molecule has 1 saturated carbocycles. The molecule has 0 bridgehead atoms. The molecule has 1 aliphatic carbocycles. The van der Waals surface area contributed by atoms with Crippen LogP contribution < -0.4 is 19.9 Å². The molecule has 10 rings (SSSR count). The second-order valence-electron chi connectivity index (χ2n) is 18.6. The first-order chi connectivity index (χ1) is 29.6. The average molecular weight is 829 g/mol. The molecule has 0 spiro atoms. The first-order valence-corrected chi connectivity index (χ1v) is 22.4. The van der Waals surface area contributed by atoms with Crippen LogP contribution in [0.2, 0.25) is 0 Å². The van der Waals surface area contributed by atoms with E-state index in [4.69, 9.17) is 9.72 Å². The second-order valence-corrected chi connectivity index (χ2v) is 18.6. The van der Waals surface area contributed by atoms with Crippen molar-refractivity contribution in [2.75, 3.05) is 68.7 Å². The van der Waals surface area contributed by atoms with Gasteiger partial charge in [-0.3, -0.25) is 39.4 Å². The molecule has 4 aromatic rings. The number of hydrogen-bond donors (Lipinski definition) is 2. The topological polar surface area (TPSA) is 160 Å². The summed E-state index contributed by atoms with van der Waals surface area (Å²) in [6.45, 7) is 13.8. The summed E-state index contributed by atoms with van der Waals surface area (Å²) in [5.74, 6) is 1.32. The molecule has 5 fully saturated rings. The number of nitrogens with zero attached hydrogens (tertiary/aromatic N) is 8. The number of carbonyl (C=O) groups excluding carboxylic acids is 4. The molecule has 61 heavy (non-hydrogen) atoms. The minimum Gasteiger partial charge on any atom is -0.488 e. The van der Waals surface area contributed by atoms with Gasteiger partial charge in [-0.05, 0) is 133 Å². The van der Waals surface area contributed by atoms with Crippen LogP contribution in [0.4, 0.5) is 11.5 Å². The fraction of sp³-hybridized carbons (Fsp3) is 0.543. The lowest BCUT2D eigenvalue weighted by atomic mass is 9.91. The highest BCUT2D eigenvalue weighted by Gasteiger charge is 2.45. The van der Waals surface area contributed by atoms with Crippen LogP contribution in [0.5, 0.6) is 5.75 Å². The number of benzene rings is 2. The zero-order valence-corrected chi connectivity index (χ0v) is 35.3. The van der Waals surface area contributed by atoms with E-state index in [1.807, 2.05) is 24.3 Å². The van der Waals surface area contributed by atoms with E-state index >= 15 is 0 Å². The van der Waals surface area contributed by atoms with E-state index in [1.54, 1.807) is 12.4 Å². The summed E-state index contributed by atoms with van der Waals surface area (Å²) < 4.78 is 6.24. The second kappa shape index (κ2) is 16.1. The van der Waals surface area contributed by atoms with Gasteiger partial charge in [0.15, 0.2) is 0 Å². The van der Waals surface area contributed by atoms with Gasteiger partial charge in [-0.25, -0.2) is 9.97 Å². The number of fused-ring (bicyclic) bond motifs is 2. The van der Waals surface area contributed by atoms with E-state index in [0.29, 0.717) is 29.0 Å². The third kappa shape index (κ3) is 8.09. The molecule has 2 aromatic carbocycles. The van der Waals surface area contributed by atoms with Crippen LogP contribution in [0.1, 0.15) is 92.4 Å². The number of ether oxygens (including phenoxy) is 1. The van der Waals surface area contributed by atoms with E-state index in [0.717, 1.165) is 129 Å². The van der Waals surface area contributed by atoms with Gasteiger partial charge in [0.25, 0.3) is 11.8 Å². The van der Waals surface area contributed by atoms with Crippen LogP contribution in [0.15, 0.2) is 48.8 Å². The monoisotopic (exact) mass is 828 g/mol. The number of carbonyl (C=O) groups is 4. The molecular formula is C46H56N10O5. The standard InChI is InChI=1S/C46H56N10O5/c1-29-26-55(40-25-38(47-28-48-40)42-36-24-33(61-46(2)14-15-46)4-6-37(36)50-51-42)22-21-54(29)27-31-10-17-52(18-11-31)16-9-30-12-19-53(20-13-30)32-3-5-34-35(23-32)45(60)56(44(34)59)39-7-8-41(57)49-43(39)58/h3-6,23-25,28-31,39H,7-22,26-27H2,1-2H3,(H,50,51)(H,49,57,58)/t29-,39?/m0/s1. The van der Waals surface area contributed by atoms with Crippen molar-refractivity contribution in [2.24, 2.45) is 11.8 Å². The number of nitrogens with one attached hydrogen (secondary N) is 2. The number of aromatic nitrogens is 4. The van der Waals surface area contributed by atoms with Crippen LogP contribution in [-0.2, 0) is 9.59 Å². The van der Waals surface area contributed by atoms with E-state index in [-0.39, 0.29) is 24.3 Å². The van der Waals surface area contributed by atoms with Gasteiger partial charge in [0.05, 0.1) is 22.3 Å². The van der Waals surface area contributed by atoms with Gasteiger partial charge in [-0.1, -0.05) is 0 Å². The Balaban J connectivity index is 0.660. The summed E-state index contributed by atoms with van der Waals surface area (Å²) in [5, 5.41) is 11.1. The lowest BCUT2D eigenvalue weighted by molar-refractivity contribution is -0.136. The van der Waals surface area contributed by atoms with Crippen LogP contribution in [0.3, 0.4) is 0 Å². The zero-order chi connectivity index (χ0) is 41.8. The van der Waals surface area contributed by atoms with Gasteiger partial charge < -0.3 is 19.4 Å². The maximum Gasteiger partial charge on any atom is 0.262 e. The number of aromatic amines is 1. The molecule has 2 N–H and O–H groups in total. The minimum atomic E-state index is -0.950. The third-order valence-corrected chi connectivity index (χ3v) is 14.3. The quantitative estimate of drug-likeness (QED) is 0.198. The first-order valence-electron chi connectivity index (χ1n) is 22.4. The molecule has 15 heteroatoms. The number of piperidine rings is 3. The van der Waals surface area contributed by atoms with Crippen LogP contribution in [0.25, 0.3) is 22.3 Å². The summed E-state index contributed by atoms with van der Waals surface area (Å²) in [5.41, 5.74) is 4.16.